The van der Waals surface area contributed by atoms with Crippen LogP contribution in [0.2, 0.25) is 0 Å². The topological polar surface area (TPSA) is 75.0 Å². The Bertz CT molecular complexity index is 262. The van der Waals surface area contributed by atoms with Gasteiger partial charge in [-0.15, -0.1) is 0 Å². The van der Waals surface area contributed by atoms with Crippen LogP contribution in [0.15, 0.2) is 11.0 Å². The maximum Gasteiger partial charge on any atom is 0.323 e. The Morgan fingerprint density at radius 1 is 1.70 bits per heavy atom. The van der Waals surface area contributed by atoms with E-state index in [0.717, 1.165) is 0 Å². The van der Waals surface area contributed by atoms with Crippen molar-refractivity contribution in [3.8, 4) is 0 Å². The number of imidazole rings is 1. The highest BCUT2D eigenvalue weighted by Crippen LogP contribution is 1.87. The minimum absolute atomic E-state index is 0.0994. The molecule has 0 aliphatic rings. The molecule has 0 unspecified atom stereocenters. The number of aromatic nitrogens is 2. The SMILES string of the molecule is O=COCc1c[nH]c(=O)[nH]1. The molecular weight excluding hydrogens is 136 g/mol. The van der Waals surface area contributed by atoms with Crippen molar-refractivity contribution >= 4 is 6.47 Å². The molecule has 5 heteroatoms. The lowest BCUT2D eigenvalue weighted by atomic mass is 10.5. The van der Waals surface area contributed by atoms with E-state index in [2.05, 4.69) is 14.7 Å². The van der Waals surface area contributed by atoms with Crippen molar-refractivity contribution in [2.45, 2.75) is 6.61 Å². The van der Waals surface area contributed by atoms with Crippen LogP contribution in [-0.2, 0) is 16.1 Å². The summed E-state index contributed by atoms with van der Waals surface area (Å²) in [5, 5.41) is 0. The zero-order chi connectivity index (χ0) is 7.40. The fraction of sp³-hybridized carbons (Fsp3) is 0.200. The van der Waals surface area contributed by atoms with Gasteiger partial charge in [-0.25, -0.2) is 4.79 Å². The molecule has 1 heterocycles. The number of nitrogens with one attached hydrogen (secondary N) is 2. The molecule has 10 heavy (non-hydrogen) atoms. The van der Waals surface area contributed by atoms with Gasteiger partial charge >= 0.3 is 5.69 Å². The first-order chi connectivity index (χ1) is 4.83. The summed E-state index contributed by atoms with van der Waals surface area (Å²) < 4.78 is 4.36. The van der Waals surface area contributed by atoms with Gasteiger partial charge in [-0.1, -0.05) is 0 Å². The minimum atomic E-state index is -0.301. The number of H-pyrrole nitrogens is 2. The lowest BCUT2D eigenvalue weighted by Crippen LogP contribution is -2.01. The lowest BCUT2D eigenvalue weighted by Gasteiger charge is -1.90. The predicted octanol–water partition coefficient (Wildman–Crippen LogP) is -0.624. The van der Waals surface area contributed by atoms with Crippen LogP contribution < -0.4 is 5.69 Å². The highest BCUT2D eigenvalue weighted by Gasteiger charge is 1.93. The predicted molar refractivity (Wildman–Crippen MR) is 32.3 cm³/mol. The molecule has 0 bridgehead atoms. The number of rotatable bonds is 3. The first kappa shape index (κ1) is 6.60. The van der Waals surface area contributed by atoms with E-state index in [0.29, 0.717) is 12.2 Å². The standard InChI is InChI=1S/C5H6N2O3/c8-3-10-2-4-1-6-5(9)7-4/h1,3H,2H2,(H2,6,7,9). The fourth-order valence-corrected chi connectivity index (χ4v) is 0.572. The molecule has 0 saturated heterocycles. The van der Waals surface area contributed by atoms with Crippen LogP contribution in [-0.4, -0.2) is 16.4 Å². The van der Waals surface area contributed by atoms with Crippen LogP contribution in [0.1, 0.15) is 5.69 Å². The van der Waals surface area contributed by atoms with Gasteiger partial charge in [-0.2, -0.15) is 0 Å². The molecule has 0 radical (unpaired) electrons. The van der Waals surface area contributed by atoms with E-state index in [1.807, 2.05) is 0 Å². The van der Waals surface area contributed by atoms with Crippen molar-refractivity contribution in [3.63, 3.8) is 0 Å². The van der Waals surface area contributed by atoms with E-state index in [1.54, 1.807) is 0 Å². The Kier molecular flexibility index (Phi) is 1.89. The monoisotopic (exact) mass is 142 g/mol. The highest BCUT2D eigenvalue weighted by molar-refractivity contribution is 5.36. The van der Waals surface area contributed by atoms with Crippen molar-refractivity contribution in [2.24, 2.45) is 0 Å². The average molecular weight is 142 g/mol. The molecule has 0 spiro atoms. The summed E-state index contributed by atoms with van der Waals surface area (Å²) in [6.45, 7) is 0.424. The lowest BCUT2D eigenvalue weighted by molar-refractivity contribution is -0.129. The molecule has 1 aromatic rings. The van der Waals surface area contributed by atoms with E-state index < -0.39 is 0 Å². The van der Waals surface area contributed by atoms with E-state index in [1.165, 1.54) is 6.20 Å². The Hall–Kier alpha value is -1.52. The summed E-state index contributed by atoms with van der Waals surface area (Å²) in [6.07, 6.45) is 1.45. The molecule has 0 atom stereocenters. The quantitative estimate of drug-likeness (QED) is 0.552. The molecule has 0 aromatic carbocycles. The first-order valence-electron chi connectivity index (χ1n) is 2.65. The van der Waals surface area contributed by atoms with Gasteiger partial charge in [0.15, 0.2) is 0 Å². The molecule has 0 amide bonds. The molecule has 0 fully saturated rings. The highest BCUT2D eigenvalue weighted by atomic mass is 16.5. The number of hydrogen-bond donors (Lipinski definition) is 2. The Balaban J connectivity index is 2.58. The van der Waals surface area contributed by atoms with E-state index in [4.69, 9.17) is 0 Å². The third-order valence-electron chi connectivity index (χ3n) is 0.958. The normalized spacial score (nSPS) is 9.20. The van der Waals surface area contributed by atoms with Crippen LogP contribution in [0.4, 0.5) is 0 Å². The van der Waals surface area contributed by atoms with Crippen LogP contribution in [0, 0.1) is 0 Å². The number of hydrogen-bond acceptors (Lipinski definition) is 3. The second kappa shape index (κ2) is 2.86. The van der Waals surface area contributed by atoms with Crippen LogP contribution >= 0.6 is 0 Å². The average Bonchev–Trinajstić information content (AvgIpc) is 2.31. The summed E-state index contributed by atoms with van der Waals surface area (Å²) in [5.74, 6) is 0. The van der Waals surface area contributed by atoms with Crippen LogP contribution in [0.25, 0.3) is 0 Å². The van der Waals surface area contributed by atoms with Gasteiger partial charge in [0, 0.05) is 6.20 Å². The van der Waals surface area contributed by atoms with Gasteiger partial charge in [0.25, 0.3) is 6.47 Å². The van der Waals surface area contributed by atoms with Gasteiger partial charge in [0.2, 0.25) is 0 Å². The second-order valence-electron chi connectivity index (χ2n) is 1.68. The largest absolute Gasteiger partial charge is 0.461 e. The summed E-state index contributed by atoms with van der Waals surface area (Å²) in [6, 6.07) is 0. The number of carbonyl (C=O) groups is 1. The number of ether oxygens (including phenoxy) is 1. The van der Waals surface area contributed by atoms with Gasteiger partial charge in [0.1, 0.15) is 6.61 Å². The van der Waals surface area contributed by atoms with Gasteiger partial charge < -0.3 is 14.7 Å². The van der Waals surface area contributed by atoms with Crippen LogP contribution in [0.5, 0.6) is 0 Å². The van der Waals surface area contributed by atoms with Crippen molar-refractivity contribution in [2.75, 3.05) is 0 Å². The molecule has 54 valence electrons. The fourth-order valence-electron chi connectivity index (χ4n) is 0.572. The third-order valence-corrected chi connectivity index (χ3v) is 0.958. The number of aromatic amines is 2. The summed E-state index contributed by atoms with van der Waals surface area (Å²) in [7, 11) is 0. The minimum Gasteiger partial charge on any atom is -0.461 e. The Morgan fingerprint density at radius 2 is 2.50 bits per heavy atom. The van der Waals surface area contributed by atoms with E-state index in [-0.39, 0.29) is 12.3 Å². The Labute approximate surface area is 56.0 Å². The zero-order valence-electron chi connectivity index (χ0n) is 5.09. The maximum absolute atomic E-state index is 10.4. The molecule has 0 saturated carbocycles. The molecule has 2 N–H and O–H groups in total. The molecule has 1 aromatic heterocycles. The molecule has 0 aliphatic heterocycles. The van der Waals surface area contributed by atoms with Gasteiger partial charge in [0.05, 0.1) is 5.69 Å². The van der Waals surface area contributed by atoms with Gasteiger partial charge in [-0.05, 0) is 0 Å². The molecule has 0 aliphatic carbocycles. The van der Waals surface area contributed by atoms with E-state index >= 15 is 0 Å². The van der Waals surface area contributed by atoms with Crippen molar-refractivity contribution in [1.82, 2.24) is 9.97 Å². The van der Waals surface area contributed by atoms with Crippen molar-refractivity contribution in [3.05, 3.63) is 22.4 Å². The van der Waals surface area contributed by atoms with E-state index in [9.17, 15) is 9.59 Å². The summed E-state index contributed by atoms with van der Waals surface area (Å²) >= 11 is 0. The molecule has 1 rings (SSSR count). The van der Waals surface area contributed by atoms with Crippen molar-refractivity contribution < 1.29 is 9.53 Å². The molecule has 5 nitrogen and oxygen atoms in total. The maximum atomic E-state index is 10.4. The van der Waals surface area contributed by atoms with Crippen molar-refractivity contribution in [1.29, 1.82) is 0 Å². The Morgan fingerprint density at radius 3 is 3.00 bits per heavy atom. The number of carbonyl (C=O) groups excluding carboxylic acids is 1. The second-order valence-corrected chi connectivity index (χ2v) is 1.68. The molecular formula is C5H6N2O3. The van der Waals surface area contributed by atoms with Gasteiger partial charge in [-0.3, -0.25) is 4.79 Å². The summed E-state index contributed by atoms with van der Waals surface area (Å²) in [5.41, 5.74) is 0.251. The first-order valence-corrected chi connectivity index (χ1v) is 2.65. The van der Waals surface area contributed by atoms with Crippen LogP contribution in [0.3, 0.4) is 0 Å². The smallest absolute Gasteiger partial charge is 0.323 e. The third kappa shape index (κ3) is 1.48. The summed E-state index contributed by atoms with van der Waals surface area (Å²) in [4.78, 5) is 24.8. The zero-order valence-corrected chi connectivity index (χ0v) is 5.09.